The van der Waals surface area contributed by atoms with Crippen molar-refractivity contribution in [1.29, 1.82) is 0 Å². The molecule has 0 unspecified atom stereocenters. The van der Waals surface area contributed by atoms with Crippen LogP contribution in [0.4, 0.5) is 0 Å². The average molecular weight is 365 g/mol. The van der Waals surface area contributed by atoms with Crippen molar-refractivity contribution in [3.05, 3.63) is 21.9 Å². The second kappa shape index (κ2) is 17.1. The van der Waals surface area contributed by atoms with E-state index in [1.54, 1.807) is 11.1 Å². The predicted molar refractivity (Wildman–Crippen MR) is 117 cm³/mol. The van der Waals surface area contributed by atoms with Gasteiger partial charge in [0.1, 0.15) is 0 Å². The molecule has 0 nitrogen and oxygen atoms in total. The molecule has 0 N–H and O–H groups in total. The van der Waals surface area contributed by atoms with E-state index in [9.17, 15) is 0 Å². The van der Waals surface area contributed by atoms with Crippen molar-refractivity contribution in [3.8, 4) is 0 Å². The van der Waals surface area contributed by atoms with Crippen molar-refractivity contribution in [1.82, 2.24) is 0 Å². The first kappa shape index (κ1) is 22.7. The van der Waals surface area contributed by atoms with E-state index in [0.29, 0.717) is 0 Å². The molecule has 146 valence electrons. The number of hydrogen-bond acceptors (Lipinski definition) is 1. The van der Waals surface area contributed by atoms with Crippen molar-refractivity contribution in [2.75, 3.05) is 0 Å². The number of unbranched alkanes of at least 4 members (excludes halogenated alkanes) is 14. The largest absolute Gasteiger partial charge is 0.152 e. The van der Waals surface area contributed by atoms with Gasteiger partial charge in [0.25, 0.3) is 0 Å². The van der Waals surface area contributed by atoms with E-state index >= 15 is 0 Å². The van der Waals surface area contributed by atoms with Crippen LogP contribution in [-0.4, -0.2) is 0 Å². The van der Waals surface area contributed by atoms with Crippen LogP contribution in [0.15, 0.2) is 10.8 Å². The van der Waals surface area contributed by atoms with E-state index in [4.69, 9.17) is 0 Å². The molecule has 1 heterocycles. The maximum Gasteiger partial charge on any atom is -0.00584 e. The Kier molecular flexibility index (Phi) is 15.6. The lowest BCUT2D eigenvalue weighted by atomic mass is 10.0. The molecule has 0 saturated carbocycles. The highest BCUT2D eigenvalue weighted by atomic mass is 32.1. The average Bonchev–Trinajstić information content (AvgIpc) is 3.07. The molecule has 0 aliphatic rings. The Balaban J connectivity index is 1.92. The van der Waals surface area contributed by atoms with Gasteiger partial charge < -0.3 is 0 Å². The van der Waals surface area contributed by atoms with Gasteiger partial charge >= 0.3 is 0 Å². The molecule has 0 saturated heterocycles. The first-order valence-electron chi connectivity index (χ1n) is 11.4. The number of rotatable bonds is 18. The van der Waals surface area contributed by atoms with Crippen molar-refractivity contribution >= 4 is 11.3 Å². The van der Waals surface area contributed by atoms with Gasteiger partial charge in [-0.25, -0.2) is 0 Å². The lowest BCUT2D eigenvalue weighted by molar-refractivity contribution is 0.544. The third kappa shape index (κ3) is 12.7. The third-order valence-corrected chi connectivity index (χ3v) is 6.27. The van der Waals surface area contributed by atoms with Crippen molar-refractivity contribution in [3.63, 3.8) is 0 Å². The minimum absolute atomic E-state index is 1.32. The molecule has 25 heavy (non-hydrogen) atoms. The van der Waals surface area contributed by atoms with Gasteiger partial charge in [0, 0.05) is 0 Å². The summed E-state index contributed by atoms with van der Waals surface area (Å²) in [6.45, 7) is 4.59. The van der Waals surface area contributed by atoms with Crippen LogP contribution in [0.5, 0.6) is 0 Å². The lowest BCUT2D eigenvalue weighted by Crippen LogP contribution is -1.91. The maximum absolute atomic E-state index is 2.41. The normalized spacial score (nSPS) is 11.3. The van der Waals surface area contributed by atoms with Gasteiger partial charge in [0.2, 0.25) is 0 Å². The molecule has 0 aliphatic carbocycles. The number of thiophene rings is 1. The van der Waals surface area contributed by atoms with Gasteiger partial charge in [-0.2, -0.15) is 11.3 Å². The minimum atomic E-state index is 1.32. The fourth-order valence-electron chi connectivity index (χ4n) is 3.69. The number of aryl methyl sites for hydroxylation is 2. The zero-order chi connectivity index (χ0) is 18.0. The fraction of sp³-hybridized carbons (Fsp3) is 0.833. The quantitative estimate of drug-likeness (QED) is 0.228. The molecule has 0 radical (unpaired) electrons. The van der Waals surface area contributed by atoms with E-state index < -0.39 is 0 Å². The minimum Gasteiger partial charge on any atom is -0.152 e. The first-order chi connectivity index (χ1) is 12.4. The molecule has 1 rings (SSSR count). The van der Waals surface area contributed by atoms with Gasteiger partial charge in [-0.3, -0.25) is 0 Å². The van der Waals surface area contributed by atoms with Crippen molar-refractivity contribution in [2.24, 2.45) is 0 Å². The molecule has 0 fully saturated rings. The summed E-state index contributed by atoms with van der Waals surface area (Å²) >= 11 is 1.91. The van der Waals surface area contributed by atoms with Crippen LogP contribution < -0.4 is 0 Å². The van der Waals surface area contributed by atoms with Gasteiger partial charge in [0.15, 0.2) is 0 Å². The zero-order valence-electron chi connectivity index (χ0n) is 17.3. The Hall–Kier alpha value is -0.300. The van der Waals surface area contributed by atoms with Crippen LogP contribution in [-0.2, 0) is 12.8 Å². The standard InChI is InChI=1S/C24H44S/c1-3-5-7-9-10-11-12-13-14-15-16-18-20-24-22-25-21-23(24)19-17-8-6-4-2/h21-22H,3-20H2,1-2H3. The molecule has 0 bridgehead atoms. The SMILES string of the molecule is CCCCCCCCCCCCCCc1cscc1CCCCCC. The monoisotopic (exact) mass is 364 g/mol. The van der Waals surface area contributed by atoms with E-state index in [0.717, 1.165) is 0 Å². The molecule has 1 heteroatoms. The molecule has 1 aromatic rings. The molecular weight excluding hydrogens is 320 g/mol. The Morgan fingerprint density at radius 3 is 1.20 bits per heavy atom. The molecule has 0 spiro atoms. The highest BCUT2D eigenvalue weighted by Crippen LogP contribution is 2.21. The van der Waals surface area contributed by atoms with Crippen molar-refractivity contribution < 1.29 is 0 Å². The Labute approximate surface area is 162 Å². The summed E-state index contributed by atoms with van der Waals surface area (Å²) in [5.74, 6) is 0. The van der Waals surface area contributed by atoms with E-state index in [1.807, 2.05) is 11.3 Å². The van der Waals surface area contributed by atoms with E-state index in [2.05, 4.69) is 24.6 Å². The van der Waals surface area contributed by atoms with E-state index in [-0.39, 0.29) is 0 Å². The van der Waals surface area contributed by atoms with Gasteiger partial charge in [-0.05, 0) is 47.6 Å². The Morgan fingerprint density at radius 2 is 0.800 bits per heavy atom. The zero-order valence-corrected chi connectivity index (χ0v) is 18.1. The smallest absolute Gasteiger partial charge is 0.00584 e. The van der Waals surface area contributed by atoms with E-state index in [1.165, 1.54) is 116 Å². The maximum atomic E-state index is 2.41. The summed E-state index contributed by atoms with van der Waals surface area (Å²) in [7, 11) is 0. The van der Waals surface area contributed by atoms with Crippen LogP contribution in [0, 0.1) is 0 Å². The number of hydrogen-bond donors (Lipinski definition) is 0. The molecule has 1 aromatic heterocycles. The van der Waals surface area contributed by atoms with Crippen LogP contribution in [0.2, 0.25) is 0 Å². The van der Waals surface area contributed by atoms with Crippen LogP contribution in [0.25, 0.3) is 0 Å². The second-order valence-electron chi connectivity index (χ2n) is 7.87. The van der Waals surface area contributed by atoms with Crippen LogP contribution in [0.3, 0.4) is 0 Å². The summed E-state index contributed by atoms with van der Waals surface area (Å²) in [5, 5.41) is 4.81. The van der Waals surface area contributed by atoms with Gasteiger partial charge in [0.05, 0.1) is 0 Å². The summed E-state index contributed by atoms with van der Waals surface area (Å²) < 4.78 is 0. The van der Waals surface area contributed by atoms with Gasteiger partial charge in [-0.1, -0.05) is 104 Å². The summed E-state index contributed by atoms with van der Waals surface area (Å²) in [5.41, 5.74) is 3.32. The lowest BCUT2D eigenvalue weighted by Gasteiger charge is -2.05. The summed E-state index contributed by atoms with van der Waals surface area (Å²) in [6.07, 6.45) is 25.5. The van der Waals surface area contributed by atoms with Gasteiger partial charge in [-0.15, -0.1) is 0 Å². The highest BCUT2D eigenvalue weighted by molar-refractivity contribution is 7.08. The second-order valence-corrected chi connectivity index (χ2v) is 8.62. The summed E-state index contributed by atoms with van der Waals surface area (Å²) in [4.78, 5) is 0. The molecule has 0 aliphatic heterocycles. The van der Waals surface area contributed by atoms with Crippen molar-refractivity contribution in [2.45, 2.75) is 129 Å². The molecule has 0 amide bonds. The third-order valence-electron chi connectivity index (χ3n) is 5.43. The van der Waals surface area contributed by atoms with Crippen LogP contribution >= 0.6 is 11.3 Å². The topological polar surface area (TPSA) is 0 Å². The molecular formula is C24H44S. The summed E-state index contributed by atoms with van der Waals surface area (Å²) in [6, 6.07) is 0. The highest BCUT2D eigenvalue weighted by Gasteiger charge is 2.04. The Bertz CT molecular complexity index is 379. The van der Waals surface area contributed by atoms with Crippen LogP contribution in [0.1, 0.15) is 128 Å². The predicted octanol–water partition coefficient (Wildman–Crippen LogP) is 9.11. The fourth-order valence-corrected chi connectivity index (χ4v) is 4.62. The Morgan fingerprint density at radius 1 is 0.480 bits per heavy atom. The first-order valence-corrected chi connectivity index (χ1v) is 12.4. The molecule has 0 atom stereocenters. The molecule has 0 aromatic carbocycles.